The van der Waals surface area contributed by atoms with Gasteiger partial charge in [0.05, 0.1) is 6.54 Å². The molecule has 4 nitrogen and oxygen atoms in total. The Labute approximate surface area is 134 Å². The number of halogens is 1. The number of guanidine groups is 1. The van der Waals surface area contributed by atoms with Gasteiger partial charge in [0.15, 0.2) is 5.96 Å². The predicted molar refractivity (Wildman–Crippen MR) is 89.8 cm³/mol. The second-order valence-corrected chi connectivity index (χ2v) is 6.19. The molecule has 0 amide bonds. The first kappa shape index (κ1) is 16.4. The minimum Gasteiger partial charge on any atom is -0.357 e. The van der Waals surface area contributed by atoms with Gasteiger partial charge in [0.25, 0.3) is 0 Å². The average Bonchev–Trinajstić information content (AvgIpc) is 2.90. The number of aryl methyl sites for hydroxylation is 1. The van der Waals surface area contributed by atoms with E-state index >= 15 is 0 Å². The maximum atomic E-state index is 13.1. The van der Waals surface area contributed by atoms with E-state index < -0.39 is 0 Å². The van der Waals surface area contributed by atoms with Gasteiger partial charge in [-0.25, -0.2) is 14.4 Å². The third kappa shape index (κ3) is 5.44. The zero-order valence-corrected chi connectivity index (χ0v) is 13.7. The van der Waals surface area contributed by atoms with Crippen LogP contribution in [0.5, 0.6) is 0 Å². The van der Waals surface area contributed by atoms with E-state index in [2.05, 4.69) is 20.6 Å². The normalized spacial score (nSPS) is 11.5. The lowest BCUT2D eigenvalue weighted by atomic mass is 10.1. The summed E-state index contributed by atoms with van der Waals surface area (Å²) in [5.74, 6) is 0.559. The van der Waals surface area contributed by atoms with Gasteiger partial charge in [-0.1, -0.05) is 12.1 Å². The minimum absolute atomic E-state index is 0.197. The van der Waals surface area contributed by atoms with Crippen molar-refractivity contribution in [2.75, 3.05) is 13.1 Å². The summed E-state index contributed by atoms with van der Waals surface area (Å²) in [7, 11) is 0. The molecule has 1 aromatic heterocycles. The van der Waals surface area contributed by atoms with E-state index in [0.717, 1.165) is 29.5 Å². The minimum atomic E-state index is -0.197. The van der Waals surface area contributed by atoms with Gasteiger partial charge in [0, 0.05) is 24.2 Å². The van der Waals surface area contributed by atoms with Gasteiger partial charge >= 0.3 is 0 Å². The van der Waals surface area contributed by atoms with E-state index in [-0.39, 0.29) is 5.82 Å². The number of nitrogens with zero attached hydrogens (tertiary/aromatic N) is 2. The van der Waals surface area contributed by atoms with Gasteiger partial charge in [-0.3, -0.25) is 0 Å². The highest BCUT2D eigenvalue weighted by Gasteiger charge is 2.01. The fourth-order valence-corrected chi connectivity index (χ4v) is 2.69. The van der Waals surface area contributed by atoms with Gasteiger partial charge in [-0.2, -0.15) is 0 Å². The molecule has 2 rings (SSSR count). The molecule has 0 aliphatic carbocycles. The molecule has 0 saturated heterocycles. The largest absolute Gasteiger partial charge is 0.357 e. The van der Waals surface area contributed by atoms with Crippen LogP contribution in [0.1, 0.15) is 22.4 Å². The first-order valence-corrected chi connectivity index (χ1v) is 8.17. The van der Waals surface area contributed by atoms with Crippen LogP contribution in [0.25, 0.3) is 0 Å². The van der Waals surface area contributed by atoms with Crippen molar-refractivity contribution >= 4 is 17.3 Å². The van der Waals surface area contributed by atoms with E-state index in [1.54, 1.807) is 23.5 Å². The Morgan fingerprint density at radius 3 is 2.91 bits per heavy atom. The summed E-state index contributed by atoms with van der Waals surface area (Å²) in [6.45, 7) is 6.12. The van der Waals surface area contributed by atoms with Crippen LogP contribution in [0.3, 0.4) is 0 Å². The Kier molecular flexibility index (Phi) is 6.33. The van der Waals surface area contributed by atoms with E-state index in [1.165, 1.54) is 10.9 Å². The highest BCUT2D eigenvalue weighted by molar-refractivity contribution is 7.11. The summed E-state index contributed by atoms with van der Waals surface area (Å²) >= 11 is 1.65. The van der Waals surface area contributed by atoms with Crippen LogP contribution >= 0.6 is 11.3 Å². The van der Waals surface area contributed by atoms with Crippen LogP contribution < -0.4 is 10.6 Å². The van der Waals surface area contributed by atoms with Crippen molar-refractivity contribution < 1.29 is 4.39 Å². The second kappa shape index (κ2) is 8.48. The van der Waals surface area contributed by atoms with Crippen molar-refractivity contribution in [1.29, 1.82) is 0 Å². The molecule has 118 valence electrons. The SMILES string of the molecule is CCNC(=NCc1ncc(C)s1)NCCc1cccc(F)c1. The monoisotopic (exact) mass is 320 g/mol. The van der Waals surface area contributed by atoms with Crippen molar-refractivity contribution in [2.24, 2.45) is 4.99 Å². The summed E-state index contributed by atoms with van der Waals surface area (Å²) < 4.78 is 13.1. The quantitative estimate of drug-likeness (QED) is 0.635. The molecule has 0 unspecified atom stereocenters. The van der Waals surface area contributed by atoms with Gasteiger partial charge in [0.1, 0.15) is 10.8 Å². The predicted octanol–water partition coefficient (Wildman–Crippen LogP) is 2.89. The van der Waals surface area contributed by atoms with Crippen LogP contribution in [0, 0.1) is 12.7 Å². The molecule has 0 bridgehead atoms. The van der Waals surface area contributed by atoms with Crippen LogP contribution in [-0.4, -0.2) is 24.0 Å². The number of aromatic nitrogens is 1. The van der Waals surface area contributed by atoms with Crippen molar-refractivity contribution in [2.45, 2.75) is 26.8 Å². The third-order valence-corrected chi connectivity index (χ3v) is 3.88. The highest BCUT2D eigenvalue weighted by Crippen LogP contribution is 2.11. The van der Waals surface area contributed by atoms with Gasteiger partial charge in [0.2, 0.25) is 0 Å². The zero-order chi connectivity index (χ0) is 15.8. The first-order valence-electron chi connectivity index (χ1n) is 7.35. The van der Waals surface area contributed by atoms with Crippen LogP contribution in [0.2, 0.25) is 0 Å². The topological polar surface area (TPSA) is 49.3 Å². The van der Waals surface area contributed by atoms with Gasteiger partial charge in [-0.05, 0) is 38.0 Å². The number of hydrogen-bond donors (Lipinski definition) is 2. The van der Waals surface area contributed by atoms with Gasteiger partial charge in [-0.15, -0.1) is 11.3 Å². The average molecular weight is 320 g/mol. The van der Waals surface area contributed by atoms with Crippen molar-refractivity contribution in [3.8, 4) is 0 Å². The lowest BCUT2D eigenvalue weighted by molar-refractivity contribution is 0.625. The standard InChI is InChI=1S/C16H21FN4S/c1-3-18-16(21-11-15-20-10-12(2)22-15)19-8-7-13-5-4-6-14(17)9-13/h4-6,9-10H,3,7-8,11H2,1-2H3,(H2,18,19,21). The lowest BCUT2D eigenvalue weighted by Crippen LogP contribution is -2.38. The summed E-state index contributed by atoms with van der Waals surface area (Å²) in [5, 5.41) is 7.46. The summed E-state index contributed by atoms with van der Waals surface area (Å²) in [6, 6.07) is 6.67. The summed E-state index contributed by atoms with van der Waals surface area (Å²) in [6.07, 6.45) is 2.61. The number of thiazole rings is 1. The molecule has 6 heteroatoms. The van der Waals surface area contributed by atoms with Crippen LogP contribution in [0.4, 0.5) is 4.39 Å². The maximum absolute atomic E-state index is 13.1. The molecular weight excluding hydrogens is 299 g/mol. The molecule has 0 aliphatic rings. The fourth-order valence-electron chi connectivity index (χ4n) is 1.98. The van der Waals surface area contributed by atoms with E-state index in [4.69, 9.17) is 0 Å². The Morgan fingerprint density at radius 2 is 2.23 bits per heavy atom. The van der Waals surface area contributed by atoms with E-state index in [0.29, 0.717) is 13.1 Å². The van der Waals surface area contributed by atoms with Crippen LogP contribution in [0.15, 0.2) is 35.5 Å². The first-order chi connectivity index (χ1) is 10.7. The highest BCUT2D eigenvalue weighted by atomic mass is 32.1. The van der Waals surface area contributed by atoms with E-state index in [1.807, 2.05) is 26.1 Å². The Bertz CT molecular complexity index is 624. The molecule has 0 radical (unpaired) electrons. The Balaban J connectivity index is 1.85. The molecule has 1 aromatic carbocycles. The van der Waals surface area contributed by atoms with Gasteiger partial charge < -0.3 is 10.6 Å². The molecule has 0 aliphatic heterocycles. The Morgan fingerprint density at radius 1 is 1.36 bits per heavy atom. The molecule has 0 atom stereocenters. The zero-order valence-electron chi connectivity index (χ0n) is 12.9. The number of rotatable bonds is 6. The number of nitrogens with one attached hydrogen (secondary N) is 2. The number of aliphatic imine (C=N–C) groups is 1. The maximum Gasteiger partial charge on any atom is 0.191 e. The fraction of sp³-hybridized carbons (Fsp3) is 0.375. The third-order valence-electron chi connectivity index (χ3n) is 2.98. The smallest absolute Gasteiger partial charge is 0.191 e. The van der Waals surface area contributed by atoms with Crippen molar-refractivity contribution in [3.63, 3.8) is 0 Å². The molecule has 1 heterocycles. The molecule has 2 N–H and O–H groups in total. The molecular formula is C16H21FN4S. The molecule has 2 aromatic rings. The van der Waals surface area contributed by atoms with Crippen molar-refractivity contribution in [1.82, 2.24) is 15.6 Å². The molecule has 0 spiro atoms. The Hall–Kier alpha value is -1.95. The van der Waals surface area contributed by atoms with Crippen LogP contribution in [-0.2, 0) is 13.0 Å². The van der Waals surface area contributed by atoms with Crippen molar-refractivity contribution in [3.05, 3.63) is 51.7 Å². The molecule has 0 saturated carbocycles. The van der Waals surface area contributed by atoms with E-state index in [9.17, 15) is 4.39 Å². The number of benzene rings is 1. The molecule has 22 heavy (non-hydrogen) atoms. The molecule has 0 fully saturated rings. The lowest BCUT2D eigenvalue weighted by Gasteiger charge is -2.11. The second-order valence-electron chi connectivity index (χ2n) is 4.87. The summed E-state index contributed by atoms with van der Waals surface area (Å²) in [4.78, 5) is 10.0. The summed E-state index contributed by atoms with van der Waals surface area (Å²) in [5.41, 5.74) is 0.971. The number of hydrogen-bond acceptors (Lipinski definition) is 3.